The molecular weight excluding hydrogens is 264 g/mol. The molecule has 0 spiro atoms. The summed E-state index contributed by atoms with van der Waals surface area (Å²) < 4.78 is 0. The average molecular weight is 286 g/mol. The van der Waals surface area contributed by atoms with Gasteiger partial charge in [0.15, 0.2) is 0 Å². The van der Waals surface area contributed by atoms with Gasteiger partial charge in [-0.05, 0) is 26.9 Å². The zero-order valence-electron chi connectivity index (χ0n) is 11.8. The van der Waals surface area contributed by atoms with Crippen molar-refractivity contribution in [1.82, 2.24) is 15.1 Å². The molecule has 114 valence electrons. The SMILES string of the molecule is CN(C)C1CCCN(C(=O)N[C@@H](CC(N)=O)C(=O)O)C1. The fourth-order valence-corrected chi connectivity index (χ4v) is 2.20. The maximum atomic E-state index is 12.0. The number of urea groups is 1. The van der Waals surface area contributed by atoms with Crippen molar-refractivity contribution in [2.45, 2.75) is 31.3 Å². The quantitative estimate of drug-likeness (QED) is 0.602. The Hall–Kier alpha value is -1.83. The lowest BCUT2D eigenvalue weighted by Gasteiger charge is -2.36. The lowest BCUT2D eigenvalue weighted by molar-refractivity contribution is -0.141. The van der Waals surface area contributed by atoms with Crippen LogP contribution in [0.15, 0.2) is 0 Å². The van der Waals surface area contributed by atoms with Crippen LogP contribution in [0.1, 0.15) is 19.3 Å². The minimum absolute atomic E-state index is 0.258. The molecule has 1 saturated heterocycles. The smallest absolute Gasteiger partial charge is 0.326 e. The van der Waals surface area contributed by atoms with E-state index in [-0.39, 0.29) is 6.04 Å². The molecule has 0 aromatic rings. The van der Waals surface area contributed by atoms with Gasteiger partial charge in [-0.1, -0.05) is 0 Å². The summed E-state index contributed by atoms with van der Waals surface area (Å²) in [4.78, 5) is 37.4. The number of nitrogens with two attached hydrogens (primary N) is 1. The molecule has 1 aliphatic heterocycles. The Balaban J connectivity index is 2.59. The molecule has 1 rings (SSSR count). The molecule has 1 unspecified atom stereocenters. The molecule has 4 N–H and O–H groups in total. The van der Waals surface area contributed by atoms with Crippen molar-refractivity contribution in [3.8, 4) is 0 Å². The van der Waals surface area contributed by atoms with E-state index in [1.54, 1.807) is 4.90 Å². The first-order chi connectivity index (χ1) is 9.31. The van der Waals surface area contributed by atoms with Crippen LogP contribution in [-0.2, 0) is 9.59 Å². The molecule has 3 amide bonds. The van der Waals surface area contributed by atoms with Crippen molar-refractivity contribution in [3.63, 3.8) is 0 Å². The summed E-state index contributed by atoms with van der Waals surface area (Å²) in [5, 5.41) is 11.3. The third-order valence-corrected chi connectivity index (χ3v) is 3.42. The maximum absolute atomic E-state index is 12.0. The molecule has 2 atom stereocenters. The number of primary amides is 1. The third-order valence-electron chi connectivity index (χ3n) is 3.42. The van der Waals surface area contributed by atoms with E-state index in [0.29, 0.717) is 13.1 Å². The lowest BCUT2D eigenvalue weighted by atomic mass is 10.1. The molecule has 1 aliphatic rings. The first-order valence-corrected chi connectivity index (χ1v) is 6.54. The molecular formula is C12H22N4O4. The first-order valence-electron chi connectivity index (χ1n) is 6.54. The van der Waals surface area contributed by atoms with Crippen LogP contribution >= 0.6 is 0 Å². The summed E-state index contributed by atoms with van der Waals surface area (Å²) in [6, 6.07) is -1.49. The van der Waals surface area contributed by atoms with Gasteiger partial charge in [-0.3, -0.25) is 4.79 Å². The number of piperidine rings is 1. The van der Waals surface area contributed by atoms with Crippen LogP contribution in [0, 0.1) is 0 Å². The van der Waals surface area contributed by atoms with Crippen LogP contribution in [0.3, 0.4) is 0 Å². The Kier molecular flexibility index (Phi) is 5.75. The first kappa shape index (κ1) is 16.2. The zero-order valence-corrected chi connectivity index (χ0v) is 11.8. The van der Waals surface area contributed by atoms with E-state index < -0.39 is 30.4 Å². The van der Waals surface area contributed by atoms with Crippen LogP contribution in [-0.4, -0.2) is 72.1 Å². The lowest BCUT2D eigenvalue weighted by Crippen LogP contribution is -2.54. The second kappa shape index (κ2) is 7.09. The van der Waals surface area contributed by atoms with Gasteiger partial charge in [-0.2, -0.15) is 0 Å². The predicted octanol–water partition coefficient (Wildman–Crippen LogP) is -0.949. The normalized spacial score (nSPS) is 20.6. The van der Waals surface area contributed by atoms with Crippen molar-refractivity contribution in [2.75, 3.05) is 27.2 Å². The van der Waals surface area contributed by atoms with Crippen molar-refractivity contribution in [2.24, 2.45) is 5.73 Å². The van der Waals surface area contributed by atoms with Crippen LogP contribution in [0.25, 0.3) is 0 Å². The number of likely N-dealkylation sites (tertiary alicyclic amines) is 1. The Morgan fingerprint density at radius 2 is 2.10 bits per heavy atom. The van der Waals surface area contributed by atoms with Gasteiger partial charge >= 0.3 is 12.0 Å². The topological polar surface area (TPSA) is 116 Å². The Labute approximate surface area is 117 Å². The minimum Gasteiger partial charge on any atom is -0.480 e. The number of aliphatic carboxylic acids is 1. The molecule has 1 fully saturated rings. The molecule has 20 heavy (non-hydrogen) atoms. The van der Waals surface area contributed by atoms with Gasteiger partial charge in [0.25, 0.3) is 0 Å². The van der Waals surface area contributed by atoms with Gasteiger partial charge < -0.3 is 26.0 Å². The van der Waals surface area contributed by atoms with Crippen molar-refractivity contribution < 1.29 is 19.5 Å². The van der Waals surface area contributed by atoms with E-state index in [1.165, 1.54) is 0 Å². The molecule has 0 aromatic heterocycles. The molecule has 0 bridgehead atoms. The van der Waals surface area contributed by atoms with Crippen LogP contribution in [0.4, 0.5) is 4.79 Å². The number of carboxylic acids is 1. The second-order valence-electron chi connectivity index (χ2n) is 5.22. The van der Waals surface area contributed by atoms with Gasteiger partial charge in [0.2, 0.25) is 5.91 Å². The van der Waals surface area contributed by atoms with E-state index in [1.807, 2.05) is 19.0 Å². The summed E-state index contributed by atoms with van der Waals surface area (Å²) in [6.45, 7) is 1.13. The fraction of sp³-hybridized carbons (Fsp3) is 0.750. The summed E-state index contributed by atoms with van der Waals surface area (Å²) >= 11 is 0. The molecule has 0 aromatic carbocycles. The highest BCUT2D eigenvalue weighted by atomic mass is 16.4. The van der Waals surface area contributed by atoms with Crippen LogP contribution in [0.5, 0.6) is 0 Å². The second-order valence-corrected chi connectivity index (χ2v) is 5.22. The summed E-state index contributed by atoms with van der Waals surface area (Å²) in [5.41, 5.74) is 4.97. The molecule has 8 heteroatoms. The fourth-order valence-electron chi connectivity index (χ4n) is 2.20. The van der Waals surface area contributed by atoms with Gasteiger partial charge in [-0.15, -0.1) is 0 Å². The van der Waals surface area contributed by atoms with E-state index in [2.05, 4.69) is 5.32 Å². The van der Waals surface area contributed by atoms with E-state index >= 15 is 0 Å². The minimum atomic E-state index is -1.28. The molecule has 0 radical (unpaired) electrons. The third kappa shape index (κ3) is 4.69. The standard InChI is InChI=1S/C12H22N4O4/c1-15(2)8-4-3-5-16(7-8)12(20)14-9(11(18)19)6-10(13)17/h8-9H,3-7H2,1-2H3,(H2,13,17)(H,14,20)(H,18,19)/t8?,9-/m0/s1. The van der Waals surface area contributed by atoms with Crippen molar-refractivity contribution >= 4 is 17.9 Å². The number of likely N-dealkylation sites (N-methyl/N-ethyl adjacent to an activating group) is 1. The van der Waals surface area contributed by atoms with Gasteiger partial charge in [0, 0.05) is 19.1 Å². The van der Waals surface area contributed by atoms with Crippen LogP contribution < -0.4 is 11.1 Å². The van der Waals surface area contributed by atoms with Gasteiger partial charge in [0.05, 0.1) is 6.42 Å². The highest BCUT2D eigenvalue weighted by Gasteiger charge is 2.28. The highest BCUT2D eigenvalue weighted by molar-refractivity contribution is 5.87. The summed E-state index contributed by atoms with van der Waals surface area (Å²) in [7, 11) is 3.89. The molecule has 1 heterocycles. The monoisotopic (exact) mass is 286 g/mol. The molecule has 8 nitrogen and oxygen atoms in total. The van der Waals surface area contributed by atoms with Crippen molar-refractivity contribution in [3.05, 3.63) is 0 Å². The average Bonchev–Trinajstić information content (AvgIpc) is 2.37. The number of carboxylic acid groups (broad SMARTS) is 1. The Morgan fingerprint density at radius 3 is 2.60 bits per heavy atom. The number of nitrogens with zero attached hydrogens (tertiary/aromatic N) is 2. The largest absolute Gasteiger partial charge is 0.480 e. The van der Waals surface area contributed by atoms with Crippen LogP contribution in [0.2, 0.25) is 0 Å². The summed E-state index contributed by atoms with van der Waals surface area (Å²) in [5.74, 6) is -2.03. The van der Waals surface area contributed by atoms with Crippen molar-refractivity contribution in [1.29, 1.82) is 0 Å². The van der Waals surface area contributed by atoms with E-state index in [0.717, 1.165) is 12.8 Å². The highest BCUT2D eigenvalue weighted by Crippen LogP contribution is 2.13. The maximum Gasteiger partial charge on any atom is 0.326 e. The number of carbonyl (C=O) groups is 3. The summed E-state index contributed by atoms with van der Waals surface area (Å²) in [6.07, 6.45) is 1.45. The predicted molar refractivity (Wildman–Crippen MR) is 72.0 cm³/mol. The van der Waals surface area contributed by atoms with Gasteiger partial charge in [0.1, 0.15) is 6.04 Å². The van der Waals surface area contributed by atoms with E-state index in [9.17, 15) is 14.4 Å². The van der Waals surface area contributed by atoms with Gasteiger partial charge in [-0.25, -0.2) is 9.59 Å². The number of nitrogens with one attached hydrogen (secondary N) is 1. The Bertz CT molecular complexity index is 386. The molecule has 0 aliphatic carbocycles. The number of amides is 3. The molecule has 0 saturated carbocycles. The van der Waals surface area contributed by atoms with E-state index in [4.69, 9.17) is 10.8 Å². The number of hydrogen-bond donors (Lipinski definition) is 3. The number of hydrogen-bond acceptors (Lipinski definition) is 4. The number of carbonyl (C=O) groups excluding carboxylic acids is 2. The zero-order chi connectivity index (χ0) is 15.3. The Morgan fingerprint density at radius 1 is 1.45 bits per heavy atom. The number of rotatable bonds is 5.